The first-order chi connectivity index (χ1) is 11.7. The fraction of sp³-hybridized carbons (Fsp3) is 0.316. The molecule has 2 atom stereocenters. The van der Waals surface area contributed by atoms with E-state index in [4.69, 9.17) is 4.74 Å². The number of rotatable bonds is 9. The lowest BCUT2D eigenvalue weighted by Crippen LogP contribution is -2.52. The van der Waals surface area contributed by atoms with Crippen molar-refractivity contribution in [1.82, 2.24) is 10.6 Å². The molecule has 0 bridgehead atoms. The molecule has 0 aliphatic rings. The van der Waals surface area contributed by atoms with Crippen LogP contribution in [-0.2, 0) is 11.3 Å². The molecule has 0 spiro atoms. The molecule has 5 heteroatoms. The third-order valence-corrected chi connectivity index (χ3v) is 3.56. The van der Waals surface area contributed by atoms with E-state index in [9.17, 15) is 9.90 Å². The van der Waals surface area contributed by atoms with Gasteiger partial charge in [0.1, 0.15) is 24.5 Å². The van der Waals surface area contributed by atoms with Crippen LogP contribution in [-0.4, -0.2) is 36.3 Å². The highest BCUT2D eigenvalue weighted by Gasteiger charge is 2.26. The number of likely N-dealkylation sites (N-methyl/N-ethyl adjacent to an activating group) is 1. The van der Waals surface area contributed by atoms with Crippen LogP contribution < -0.4 is 15.4 Å². The van der Waals surface area contributed by atoms with Gasteiger partial charge in [-0.3, -0.25) is 4.79 Å². The first kappa shape index (κ1) is 18.0. The number of hydrogen-bond acceptors (Lipinski definition) is 4. The van der Waals surface area contributed by atoms with Crippen LogP contribution >= 0.6 is 0 Å². The fourth-order valence-electron chi connectivity index (χ4n) is 2.31. The number of para-hydroxylation sites is 1. The van der Waals surface area contributed by atoms with E-state index >= 15 is 0 Å². The molecular formula is C19H24N2O3. The number of carbonyl (C=O) groups excluding carboxylic acids is 1. The van der Waals surface area contributed by atoms with Gasteiger partial charge in [0.2, 0.25) is 5.91 Å². The molecule has 2 unspecified atom stereocenters. The number of aliphatic hydroxyl groups excluding tert-OH is 1. The van der Waals surface area contributed by atoms with Gasteiger partial charge in [-0.25, -0.2) is 0 Å². The molecule has 2 aromatic carbocycles. The van der Waals surface area contributed by atoms with Crippen molar-refractivity contribution in [3.63, 3.8) is 0 Å². The summed E-state index contributed by atoms with van der Waals surface area (Å²) < 4.78 is 5.54. The molecule has 0 aliphatic heterocycles. The van der Waals surface area contributed by atoms with Crippen LogP contribution in [0.4, 0.5) is 0 Å². The minimum absolute atomic E-state index is 0.0421. The normalized spacial score (nSPS) is 13.1. The van der Waals surface area contributed by atoms with Crippen molar-refractivity contribution >= 4 is 5.91 Å². The Hall–Kier alpha value is -2.37. The van der Waals surface area contributed by atoms with E-state index < -0.39 is 12.1 Å². The van der Waals surface area contributed by atoms with E-state index in [0.29, 0.717) is 18.8 Å². The van der Waals surface area contributed by atoms with E-state index in [-0.39, 0.29) is 12.5 Å². The number of ether oxygens (including phenoxy) is 1. The molecule has 2 aromatic rings. The third kappa shape index (κ3) is 5.68. The molecule has 0 saturated carbocycles. The van der Waals surface area contributed by atoms with Crippen molar-refractivity contribution in [3.05, 3.63) is 66.2 Å². The Morgan fingerprint density at radius 2 is 1.71 bits per heavy atom. The minimum atomic E-state index is -0.944. The zero-order valence-electron chi connectivity index (χ0n) is 13.8. The zero-order valence-corrected chi connectivity index (χ0v) is 13.8. The van der Waals surface area contributed by atoms with E-state index in [1.165, 1.54) is 0 Å². The number of benzene rings is 2. The van der Waals surface area contributed by atoms with Gasteiger partial charge in [0.05, 0.1) is 0 Å². The van der Waals surface area contributed by atoms with Crippen molar-refractivity contribution in [1.29, 1.82) is 0 Å². The van der Waals surface area contributed by atoms with Crippen LogP contribution in [0.3, 0.4) is 0 Å². The summed E-state index contributed by atoms with van der Waals surface area (Å²) in [7, 11) is 0. The largest absolute Gasteiger partial charge is 0.491 e. The first-order valence-electron chi connectivity index (χ1n) is 8.11. The molecule has 1 amide bonds. The molecule has 2 rings (SSSR count). The summed E-state index contributed by atoms with van der Waals surface area (Å²) in [5, 5.41) is 16.2. The SMILES string of the molecule is CCNC(C(=O)NCc1ccccc1)C(O)COc1ccccc1. The molecule has 128 valence electrons. The Morgan fingerprint density at radius 1 is 1.08 bits per heavy atom. The molecular weight excluding hydrogens is 304 g/mol. The van der Waals surface area contributed by atoms with Gasteiger partial charge in [0.25, 0.3) is 0 Å². The van der Waals surface area contributed by atoms with E-state index in [0.717, 1.165) is 5.56 Å². The molecule has 0 saturated heterocycles. The topological polar surface area (TPSA) is 70.6 Å². The van der Waals surface area contributed by atoms with Crippen molar-refractivity contribution in [2.24, 2.45) is 0 Å². The summed E-state index contributed by atoms with van der Waals surface area (Å²) in [6.45, 7) is 2.93. The third-order valence-electron chi connectivity index (χ3n) is 3.56. The maximum atomic E-state index is 12.4. The summed E-state index contributed by atoms with van der Waals surface area (Å²) in [6, 6.07) is 18.2. The summed E-state index contributed by atoms with van der Waals surface area (Å²) >= 11 is 0. The second-order valence-corrected chi connectivity index (χ2v) is 5.43. The predicted molar refractivity (Wildman–Crippen MR) is 93.7 cm³/mol. The quantitative estimate of drug-likeness (QED) is 0.655. The Bertz CT molecular complexity index is 605. The monoisotopic (exact) mass is 328 g/mol. The van der Waals surface area contributed by atoms with Gasteiger partial charge in [-0.1, -0.05) is 55.5 Å². The molecule has 0 aromatic heterocycles. The zero-order chi connectivity index (χ0) is 17.2. The van der Waals surface area contributed by atoms with Gasteiger partial charge in [0.15, 0.2) is 0 Å². The van der Waals surface area contributed by atoms with Gasteiger partial charge in [-0.15, -0.1) is 0 Å². The maximum Gasteiger partial charge on any atom is 0.240 e. The van der Waals surface area contributed by atoms with Gasteiger partial charge < -0.3 is 20.5 Å². The Kier molecular flexibility index (Phi) is 7.26. The van der Waals surface area contributed by atoms with Crippen LogP contribution in [0.5, 0.6) is 5.75 Å². The Morgan fingerprint density at radius 3 is 2.33 bits per heavy atom. The number of carbonyl (C=O) groups is 1. The van der Waals surface area contributed by atoms with Gasteiger partial charge in [-0.05, 0) is 24.2 Å². The van der Waals surface area contributed by atoms with Crippen LogP contribution in [0, 0.1) is 0 Å². The molecule has 0 heterocycles. The standard InChI is InChI=1S/C19H24N2O3/c1-2-20-18(17(22)14-24-16-11-7-4-8-12-16)19(23)21-13-15-9-5-3-6-10-15/h3-12,17-18,20,22H,2,13-14H2,1H3,(H,21,23). The fourth-order valence-corrected chi connectivity index (χ4v) is 2.31. The highest BCUT2D eigenvalue weighted by atomic mass is 16.5. The molecule has 0 radical (unpaired) electrons. The number of hydrogen-bond donors (Lipinski definition) is 3. The van der Waals surface area contributed by atoms with Gasteiger partial charge in [0, 0.05) is 6.54 Å². The van der Waals surface area contributed by atoms with Crippen LogP contribution in [0.1, 0.15) is 12.5 Å². The van der Waals surface area contributed by atoms with Crippen LogP contribution in [0.25, 0.3) is 0 Å². The lowest BCUT2D eigenvalue weighted by Gasteiger charge is -2.23. The molecule has 5 nitrogen and oxygen atoms in total. The second kappa shape index (κ2) is 9.70. The summed E-state index contributed by atoms with van der Waals surface area (Å²) in [5.41, 5.74) is 1.01. The molecule has 24 heavy (non-hydrogen) atoms. The Labute approximate surface area is 142 Å². The minimum Gasteiger partial charge on any atom is -0.491 e. The average molecular weight is 328 g/mol. The molecule has 3 N–H and O–H groups in total. The molecule has 0 fully saturated rings. The van der Waals surface area contributed by atoms with Gasteiger partial charge >= 0.3 is 0 Å². The van der Waals surface area contributed by atoms with E-state index in [1.807, 2.05) is 67.6 Å². The van der Waals surface area contributed by atoms with E-state index in [2.05, 4.69) is 10.6 Å². The van der Waals surface area contributed by atoms with Crippen molar-refractivity contribution in [3.8, 4) is 5.75 Å². The number of aliphatic hydroxyl groups is 1. The van der Waals surface area contributed by atoms with Crippen molar-refractivity contribution in [2.45, 2.75) is 25.6 Å². The second-order valence-electron chi connectivity index (χ2n) is 5.43. The predicted octanol–water partition coefficient (Wildman–Crippen LogP) is 1.72. The summed E-state index contributed by atoms with van der Waals surface area (Å²) in [6.07, 6.45) is -0.944. The smallest absolute Gasteiger partial charge is 0.240 e. The number of nitrogens with one attached hydrogen (secondary N) is 2. The highest BCUT2D eigenvalue weighted by Crippen LogP contribution is 2.09. The summed E-state index contributed by atoms with van der Waals surface area (Å²) in [5.74, 6) is 0.418. The number of amides is 1. The average Bonchev–Trinajstić information content (AvgIpc) is 2.64. The van der Waals surface area contributed by atoms with Crippen molar-refractivity contribution in [2.75, 3.05) is 13.2 Å². The Balaban J connectivity index is 1.87. The maximum absolute atomic E-state index is 12.4. The first-order valence-corrected chi connectivity index (χ1v) is 8.11. The van der Waals surface area contributed by atoms with Crippen molar-refractivity contribution < 1.29 is 14.6 Å². The van der Waals surface area contributed by atoms with Gasteiger partial charge in [-0.2, -0.15) is 0 Å². The summed E-state index contributed by atoms with van der Waals surface area (Å²) in [4.78, 5) is 12.4. The van der Waals surface area contributed by atoms with Crippen LogP contribution in [0.2, 0.25) is 0 Å². The molecule has 0 aliphatic carbocycles. The lowest BCUT2D eigenvalue weighted by atomic mass is 10.1. The van der Waals surface area contributed by atoms with Crippen LogP contribution in [0.15, 0.2) is 60.7 Å². The highest BCUT2D eigenvalue weighted by molar-refractivity contribution is 5.82. The van der Waals surface area contributed by atoms with E-state index in [1.54, 1.807) is 0 Å². The lowest BCUT2D eigenvalue weighted by molar-refractivity contribution is -0.126.